The van der Waals surface area contributed by atoms with Crippen molar-refractivity contribution >= 4 is 11.9 Å². The Morgan fingerprint density at radius 1 is 1.22 bits per heavy atom. The number of hydrogen-bond donors (Lipinski definition) is 3. The normalized spacial score (nSPS) is 11.8. The molecular weight excluding hydrogens is 290 g/mol. The van der Waals surface area contributed by atoms with Gasteiger partial charge in [-0.3, -0.25) is 10.1 Å². The topological polar surface area (TPSA) is 70.2 Å². The first-order chi connectivity index (χ1) is 11.0. The number of amides is 3. The first-order valence-corrected chi connectivity index (χ1v) is 7.98. The SMILES string of the molecule is C=CCNC(=O)NC(=O)CNC(c1ccc(CC)cc1)C(C)C. The van der Waals surface area contributed by atoms with Crippen molar-refractivity contribution in [1.29, 1.82) is 0 Å². The van der Waals surface area contributed by atoms with E-state index >= 15 is 0 Å². The maximum atomic E-state index is 11.8. The van der Waals surface area contributed by atoms with E-state index in [-0.39, 0.29) is 18.5 Å². The van der Waals surface area contributed by atoms with Gasteiger partial charge in [-0.1, -0.05) is 51.1 Å². The van der Waals surface area contributed by atoms with Crippen LogP contribution in [0, 0.1) is 5.92 Å². The summed E-state index contributed by atoms with van der Waals surface area (Å²) in [5.74, 6) is -0.0349. The van der Waals surface area contributed by atoms with Gasteiger partial charge in [0.2, 0.25) is 5.91 Å². The van der Waals surface area contributed by atoms with Crippen LogP contribution < -0.4 is 16.0 Å². The number of imide groups is 1. The predicted octanol–water partition coefficient (Wildman–Crippen LogP) is 2.55. The molecule has 1 unspecified atom stereocenters. The summed E-state index contributed by atoms with van der Waals surface area (Å²) >= 11 is 0. The van der Waals surface area contributed by atoms with Crippen molar-refractivity contribution in [3.05, 3.63) is 48.0 Å². The van der Waals surface area contributed by atoms with Gasteiger partial charge in [0.15, 0.2) is 0 Å². The molecule has 1 aromatic carbocycles. The second-order valence-corrected chi connectivity index (χ2v) is 5.74. The number of hydrogen-bond acceptors (Lipinski definition) is 3. The molecule has 0 fully saturated rings. The number of carbonyl (C=O) groups is 2. The van der Waals surface area contributed by atoms with Crippen LogP contribution in [0.15, 0.2) is 36.9 Å². The number of carbonyl (C=O) groups excluding carboxylic acids is 2. The van der Waals surface area contributed by atoms with Gasteiger partial charge in [0, 0.05) is 12.6 Å². The van der Waals surface area contributed by atoms with Gasteiger partial charge in [0.1, 0.15) is 0 Å². The molecule has 23 heavy (non-hydrogen) atoms. The van der Waals surface area contributed by atoms with Gasteiger partial charge in [0.25, 0.3) is 0 Å². The molecule has 5 heteroatoms. The van der Waals surface area contributed by atoms with E-state index in [1.165, 1.54) is 5.56 Å². The molecule has 0 radical (unpaired) electrons. The first kappa shape index (κ1) is 18.9. The lowest BCUT2D eigenvalue weighted by atomic mass is 9.95. The standard InChI is InChI=1S/C18H27N3O2/c1-5-11-19-18(23)21-16(22)12-20-17(13(3)4)15-9-7-14(6-2)8-10-15/h5,7-10,13,17,20H,1,6,11-12H2,2-4H3,(H2,19,21,22,23). The molecule has 126 valence electrons. The Morgan fingerprint density at radius 3 is 2.39 bits per heavy atom. The summed E-state index contributed by atoms with van der Waals surface area (Å²) in [6.45, 7) is 10.2. The molecule has 0 aliphatic heterocycles. The van der Waals surface area contributed by atoms with E-state index in [2.05, 4.69) is 67.6 Å². The van der Waals surface area contributed by atoms with E-state index in [1.807, 2.05) is 0 Å². The second-order valence-electron chi connectivity index (χ2n) is 5.74. The van der Waals surface area contributed by atoms with Gasteiger partial charge in [0.05, 0.1) is 6.54 Å². The third kappa shape index (κ3) is 6.65. The minimum atomic E-state index is -0.509. The van der Waals surface area contributed by atoms with Crippen LogP contribution >= 0.6 is 0 Å². The summed E-state index contributed by atoms with van der Waals surface area (Å²) in [6, 6.07) is 7.94. The van der Waals surface area contributed by atoms with Gasteiger partial charge in [-0.25, -0.2) is 4.79 Å². The molecule has 0 spiro atoms. The minimum Gasteiger partial charge on any atom is -0.334 e. The van der Waals surface area contributed by atoms with Crippen LogP contribution in [0.4, 0.5) is 4.79 Å². The fourth-order valence-corrected chi connectivity index (χ4v) is 2.28. The Morgan fingerprint density at radius 2 is 1.87 bits per heavy atom. The van der Waals surface area contributed by atoms with Crippen LogP contribution in [0.25, 0.3) is 0 Å². The van der Waals surface area contributed by atoms with Gasteiger partial charge in [-0.15, -0.1) is 6.58 Å². The van der Waals surface area contributed by atoms with Gasteiger partial charge < -0.3 is 10.6 Å². The predicted molar refractivity (Wildman–Crippen MR) is 93.1 cm³/mol. The highest BCUT2D eigenvalue weighted by molar-refractivity contribution is 5.95. The molecule has 0 heterocycles. The summed E-state index contributed by atoms with van der Waals surface area (Å²) < 4.78 is 0. The number of aryl methyl sites for hydroxylation is 1. The molecule has 0 aromatic heterocycles. The average Bonchev–Trinajstić information content (AvgIpc) is 2.53. The Bertz CT molecular complexity index is 524. The molecule has 0 aliphatic rings. The second kappa shape index (κ2) is 9.79. The summed E-state index contributed by atoms with van der Waals surface area (Å²) in [4.78, 5) is 23.2. The van der Waals surface area contributed by atoms with Crippen molar-refractivity contribution in [3.8, 4) is 0 Å². The molecule has 3 N–H and O–H groups in total. The van der Waals surface area contributed by atoms with E-state index in [0.717, 1.165) is 12.0 Å². The van der Waals surface area contributed by atoms with Gasteiger partial charge >= 0.3 is 6.03 Å². The Hall–Kier alpha value is -2.14. The third-order valence-corrected chi connectivity index (χ3v) is 3.56. The van der Waals surface area contributed by atoms with Crippen LogP contribution in [-0.4, -0.2) is 25.0 Å². The molecule has 1 aromatic rings. The molecule has 5 nitrogen and oxygen atoms in total. The van der Waals surface area contributed by atoms with E-state index in [9.17, 15) is 9.59 Å². The van der Waals surface area contributed by atoms with Crippen LogP contribution in [-0.2, 0) is 11.2 Å². The lowest BCUT2D eigenvalue weighted by Gasteiger charge is -2.23. The molecule has 1 rings (SSSR count). The van der Waals surface area contributed by atoms with Crippen LogP contribution in [0.1, 0.15) is 37.9 Å². The summed E-state index contributed by atoms with van der Waals surface area (Å²) in [5, 5.41) is 8.00. The lowest BCUT2D eigenvalue weighted by molar-refractivity contribution is -0.119. The van der Waals surface area contributed by atoms with Crippen molar-refractivity contribution in [2.75, 3.05) is 13.1 Å². The minimum absolute atomic E-state index is 0.0582. The van der Waals surface area contributed by atoms with Crippen molar-refractivity contribution < 1.29 is 9.59 Å². The maximum Gasteiger partial charge on any atom is 0.321 e. The van der Waals surface area contributed by atoms with E-state index in [4.69, 9.17) is 0 Å². The van der Waals surface area contributed by atoms with E-state index in [0.29, 0.717) is 12.5 Å². The smallest absolute Gasteiger partial charge is 0.321 e. The summed E-state index contributed by atoms with van der Waals surface area (Å²) in [6.07, 6.45) is 2.55. The fourth-order valence-electron chi connectivity index (χ4n) is 2.28. The lowest BCUT2D eigenvalue weighted by Crippen LogP contribution is -2.44. The summed E-state index contributed by atoms with van der Waals surface area (Å²) in [5.41, 5.74) is 2.42. The third-order valence-electron chi connectivity index (χ3n) is 3.56. The number of rotatable bonds is 8. The van der Waals surface area contributed by atoms with Crippen molar-refractivity contribution in [1.82, 2.24) is 16.0 Å². The maximum absolute atomic E-state index is 11.8. The Balaban J connectivity index is 2.57. The summed E-state index contributed by atoms with van der Waals surface area (Å²) in [7, 11) is 0. The quantitative estimate of drug-likeness (QED) is 0.645. The zero-order valence-electron chi connectivity index (χ0n) is 14.2. The fraction of sp³-hybridized carbons (Fsp3) is 0.444. The molecular formula is C18H27N3O2. The van der Waals surface area contributed by atoms with Crippen molar-refractivity contribution in [3.63, 3.8) is 0 Å². The van der Waals surface area contributed by atoms with Crippen LogP contribution in [0.2, 0.25) is 0 Å². The Kier molecular flexibility index (Phi) is 8.05. The molecule has 0 saturated carbocycles. The van der Waals surface area contributed by atoms with E-state index < -0.39 is 6.03 Å². The highest BCUT2D eigenvalue weighted by atomic mass is 16.2. The van der Waals surface area contributed by atoms with Gasteiger partial charge in [-0.05, 0) is 23.5 Å². The monoisotopic (exact) mass is 317 g/mol. The molecule has 1 atom stereocenters. The number of urea groups is 1. The largest absolute Gasteiger partial charge is 0.334 e. The highest BCUT2D eigenvalue weighted by Crippen LogP contribution is 2.21. The molecule has 0 saturated heterocycles. The molecule has 0 aliphatic carbocycles. The number of nitrogens with one attached hydrogen (secondary N) is 3. The molecule has 0 bridgehead atoms. The van der Waals surface area contributed by atoms with Crippen LogP contribution in [0.3, 0.4) is 0 Å². The molecule has 3 amide bonds. The Labute approximate surface area is 138 Å². The first-order valence-electron chi connectivity index (χ1n) is 7.98. The van der Waals surface area contributed by atoms with Crippen molar-refractivity contribution in [2.45, 2.75) is 33.2 Å². The van der Waals surface area contributed by atoms with E-state index in [1.54, 1.807) is 6.08 Å². The van der Waals surface area contributed by atoms with Crippen molar-refractivity contribution in [2.24, 2.45) is 5.92 Å². The average molecular weight is 317 g/mol. The number of benzene rings is 1. The van der Waals surface area contributed by atoms with Gasteiger partial charge in [-0.2, -0.15) is 0 Å². The highest BCUT2D eigenvalue weighted by Gasteiger charge is 2.17. The zero-order valence-corrected chi connectivity index (χ0v) is 14.2. The van der Waals surface area contributed by atoms with Crippen LogP contribution in [0.5, 0.6) is 0 Å². The zero-order chi connectivity index (χ0) is 17.2.